The molecule has 1 aliphatic carbocycles. The number of nitrogens with one attached hydrogen (secondary N) is 1. The van der Waals surface area contributed by atoms with Crippen LogP contribution in [-0.4, -0.2) is 88.4 Å². The first-order valence-electron chi connectivity index (χ1n) is 14.2. The Morgan fingerprint density at radius 1 is 1.03 bits per heavy atom. The van der Waals surface area contributed by atoms with Crippen LogP contribution in [0, 0.1) is 0 Å². The van der Waals surface area contributed by atoms with Crippen molar-refractivity contribution in [3.05, 3.63) is 12.3 Å². The van der Waals surface area contributed by atoms with E-state index in [1.807, 2.05) is 6.20 Å². The third kappa shape index (κ3) is 6.82. The Morgan fingerprint density at radius 3 is 2.47 bits per heavy atom. The molecule has 2 atom stereocenters. The van der Waals surface area contributed by atoms with Crippen molar-refractivity contribution in [1.82, 2.24) is 19.8 Å². The maximum atomic E-state index is 10.0. The number of rotatable bonds is 10. The van der Waals surface area contributed by atoms with Gasteiger partial charge in [0.25, 0.3) is 0 Å². The Morgan fingerprint density at radius 2 is 1.76 bits per heavy atom. The van der Waals surface area contributed by atoms with Crippen LogP contribution in [0.3, 0.4) is 0 Å². The Hall–Kier alpha value is -1.44. The van der Waals surface area contributed by atoms with Crippen molar-refractivity contribution in [2.24, 2.45) is 0 Å². The van der Waals surface area contributed by atoms with Gasteiger partial charge in [-0.3, -0.25) is 4.90 Å². The molecular formula is C27H50N6O. The van der Waals surface area contributed by atoms with Gasteiger partial charge in [-0.25, -0.2) is 4.98 Å². The summed E-state index contributed by atoms with van der Waals surface area (Å²) in [5, 5.41) is 13.8. The summed E-state index contributed by atoms with van der Waals surface area (Å²) in [6, 6.07) is 3.59. The van der Waals surface area contributed by atoms with Crippen LogP contribution in [0.15, 0.2) is 12.3 Å². The van der Waals surface area contributed by atoms with Gasteiger partial charge in [0.15, 0.2) is 0 Å². The zero-order valence-electron chi connectivity index (χ0n) is 21.7. The summed E-state index contributed by atoms with van der Waals surface area (Å²) in [4.78, 5) is 17.3. The molecule has 4 rings (SSSR count). The molecule has 3 fully saturated rings. The number of likely N-dealkylation sites (tertiary alicyclic amines) is 1. The lowest BCUT2D eigenvalue weighted by molar-refractivity contribution is 0.0643. The third-order valence-electron chi connectivity index (χ3n) is 8.48. The minimum Gasteiger partial charge on any atom is -0.393 e. The van der Waals surface area contributed by atoms with Crippen molar-refractivity contribution in [2.75, 3.05) is 49.5 Å². The van der Waals surface area contributed by atoms with E-state index in [1.165, 1.54) is 45.1 Å². The number of anilines is 2. The topological polar surface area (TPSA) is 67.8 Å². The lowest BCUT2D eigenvalue weighted by Gasteiger charge is -2.38. The minimum absolute atomic E-state index is 0. The summed E-state index contributed by atoms with van der Waals surface area (Å²) in [5.74, 6) is 1.87. The lowest BCUT2D eigenvalue weighted by Crippen LogP contribution is -2.46. The zero-order chi connectivity index (χ0) is 23.8. The second-order valence-electron chi connectivity index (χ2n) is 10.6. The highest BCUT2D eigenvalue weighted by Gasteiger charge is 2.39. The van der Waals surface area contributed by atoms with Crippen LogP contribution in [0.25, 0.3) is 0 Å². The van der Waals surface area contributed by atoms with Gasteiger partial charge in [0.2, 0.25) is 5.95 Å². The molecule has 0 aromatic carbocycles. The van der Waals surface area contributed by atoms with Crippen molar-refractivity contribution in [3.8, 4) is 0 Å². The van der Waals surface area contributed by atoms with Crippen LogP contribution in [0.4, 0.5) is 11.8 Å². The van der Waals surface area contributed by atoms with Gasteiger partial charge in [0, 0.05) is 45.4 Å². The number of nitrogens with zero attached hydrogens (tertiary/aromatic N) is 5. The summed E-state index contributed by atoms with van der Waals surface area (Å²) >= 11 is 0. The Labute approximate surface area is 208 Å². The van der Waals surface area contributed by atoms with Crippen LogP contribution < -0.4 is 10.2 Å². The number of hydrogen-bond acceptors (Lipinski definition) is 7. The predicted octanol–water partition coefficient (Wildman–Crippen LogP) is 4.38. The average molecular weight is 475 g/mol. The molecule has 1 saturated carbocycles. The fraction of sp³-hybridized carbons (Fsp3) is 0.852. The van der Waals surface area contributed by atoms with E-state index in [1.54, 1.807) is 0 Å². The second kappa shape index (κ2) is 13.0. The molecule has 2 saturated heterocycles. The molecule has 0 unspecified atom stereocenters. The van der Waals surface area contributed by atoms with Crippen molar-refractivity contribution >= 4 is 11.8 Å². The van der Waals surface area contributed by atoms with Crippen molar-refractivity contribution in [3.63, 3.8) is 0 Å². The third-order valence-corrected chi connectivity index (χ3v) is 8.48. The average Bonchev–Trinajstić information content (AvgIpc) is 3.06. The van der Waals surface area contributed by atoms with Crippen molar-refractivity contribution in [1.29, 1.82) is 0 Å². The van der Waals surface area contributed by atoms with Crippen molar-refractivity contribution in [2.45, 2.75) is 109 Å². The smallest absolute Gasteiger partial charge is 0.224 e. The number of aromatic nitrogens is 2. The molecule has 1 aromatic heterocycles. The fourth-order valence-electron chi connectivity index (χ4n) is 6.38. The summed E-state index contributed by atoms with van der Waals surface area (Å²) in [7, 11) is 0. The lowest BCUT2D eigenvalue weighted by atomic mass is 9.91. The molecule has 34 heavy (non-hydrogen) atoms. The molecule has 2 N–H and O–H groups in total. The first-order chi connectivity index (χ1) is 16.7. The van der Waals surface area contributed by atoms with Crippen molar-refractivity contribution < 1.29 is 6.53 Å². The molecule has 0 amide bonds. The molecule has 0 spiro atoms. The number of hydrogen-bond donors (Lipinski definition) is 2. The molecule has 3 heterocycles. The SMILES string of the molecule is CCN(CC)CCC[C@@H]1[C@@H](Nc2nccc(N3CCCCCC3)n2)CCN1C1CCC(O)CC1.[HH]. The monoisotopic (exact) mass is 474 g/mol. The quantitative estimate of drug-likeness (QED) is 0.521. The van der Waals surface area contributed by atoms with E-state index in [-0.39, 0.29) is 7.53 Å². The first-order valence-corrected chi connectivity index (χ1v) is 14.2. The first kappa shape index (κ1) is 25.6. The number of aliphatic hydroxyl groups is 1. The standard InChI is InChI=1S/C27H48N6O.H2/c1-3-31(4-2)18-9-10-25-24(16-21-33(25)22-11-13-23(34)14-12-22)29-27-28-17-15-26(30-27)32-19-7-5-6-8-20-32;/h15,17,22-25,34H,3-14,16,18-21H2,1-2H3,(H,28,29,30);1H/t22?,23?,24-,25+;/m0./s1. The molecule has 2 aliphatic heterocycles. The van der Waals surface area contributed by atoms with Crippen LogP contribution in [-0.2, 0) is 0 Å². The van der Waals surface area contributed by atoms with Gasteiger partial charge in [0.1, 0.15) is 5.82 Å². The van der Waals surface area contributed by atoms with Gasteiger partial charge in [-0.2, -0.15) is 4.98 Å². The Kier molecular flexibility index (Phi) is 9.83. The van der Waals surface area contributed by atoms with Crippen LogP contribution in [0.1, 0.15) is 85.9 Å². The molecular weight excluding hydrogens is 424 g/mol. The minimum atomic E-state index is -0.0935. The van der Waals surface area contributed by atoms with E-state index in [2.05, 4.69) is 44.9 Å². The van der Waals surface area contributed by atoms with Crippen LogP contribution in [0.5, 0.6) is 0 Å². The fourth-order valence-corrected chi connectivity index (χ4v) is 6.38. The largest absolute Gasteiger partial charge is 0.393 e. The van der Waals surface area contributed by atoms with Gasteiger partial charge < -0.3 is 20.2 Å². The maximum absolute atomic E-state index is 10.0. The molecule has 7 heteroatoms. The maximum Gasteiger partial charge on any atom is 0.224 e. The van der Waals surface area contributed by atoms with Gasteiger partial charge in [-0.15, -0.1) is 0 Å². The highest BCUT2D eigenvalue weighted by Crippen LogP contribution is 2.33. The van der Waals surface area contributed by atoms with Crippen LogP contribution >= 0.6 is 0 Å². The summed E-state index contributed by atoms with van der Waals surface area (Å²) in [5.41, 5.74) is 0. The van der Waals surface area contributed by atoms with Gasteiger partial charge >= 0.3 is 0 Å². The molecule has 0 bridgehead atoms. The highest BCUT2D eigenvalue weighted by molar-refractivity contribution is 5.43. The number of aliphatic hydroxyl groups excluding tert-OH is 1. The zero-order valence-corrected chi connectivity index (χ0v) is 21.7. The summed E-state index contributed by atoms with van der Waals surface area (Å²) < 4.78 is 0. The van der Waals surface area contributed by atoms with E-state index in [9.17, 15) is 5.11 Å². The van der Waals surface area contributed by atoms with Gasteiger partial charge in [0.05, 0.1) is 6.10 Å². The van der Waals surface area contributed by atoms with E-state index >= 15 is 0 Å². The molecule has 3 aliphatic rings. The van der Waals surface area contributed by atoms with Crippen LogP contribution in [0.2, 0.25) is 0 Å². The van der Waals surface area contributed by atoms with Gasteiger partial charge in [-0.05, 0) is 83.5 Å². The van der Waals surface area contributed by atoms with E-state index in [4.69, 9.17) is 4.98 Å². The molecule has 1 aromatic rings. The summed E-state index contributed by atoms with van der Waals surface area (Å²) in [6.45, 7) is 11.3. The van der Waals surface area contributed by atoms with Gasteiger partial charge in [-0.1, -0.05) is 26.7 Å². The highest BCUT2D eigenvalue weighted by atomic mass is 16.3. The summed E-state index contributed by atoms with van der Waals surface area (Å²) in [6.07, 6.45) is 14.8. The molecule has 194 valence electrons. The Bertz CT molecular complexity index is 719. The molecule has 7 nitrogen and oxygen atoms in total. The van der Waals surface area contributed by atoms with E-state index in [0.717, 1.165) is 76.6 Å². The predicted molar refractivity (Wildman–Crippen MR) is 143 cm³/mol. The molecule has 0 radical (unpaired) electrons. The van der Waals surface area contributed by atoms with E-state index < -0.39 is 0 Å². The Balaban J connectivity index is 0.00000342. The normalized spacial score (nSPS) is 28.9. The van der Waals surface area contributed by atoms with E-state index in [0.29, 0.717) is 18.1 Å². The second-order valence-corrected chi connectivity index (χ2v) is 10.6.